The second-order valence-electron chi connectivity index (χ2n) is 8.35. The highest BCUT2D eigenvalue weighted by Gasteiger charge is 2.26. The van der Waals surface area contributed by atoms with E-state index in [0.717, 1.165) is 17.0 Å². The third-order valence-corrected chi connectivity index (χ3v) is 7.61. The first kappa shape index (κ1) is 23.6. The number of ether oxygens (including phenoxy) is 1. The second-order valence-corrected chi connectivity index (χ2v) is 10.0. The van der Waals surface area contributed by atoms with Crippen molar-refractivity contribution in [2.75, 3.05) is 42.9 Å². The molecule has 3 aromatic carbocycles. The van der Waals surface area contributed by atoms with Gasteiger partial charge in [-0.3, -0.25) is 9.52 Å². The maximum absolute atomic E-state index is 13.2. The Morgan fingerprint density at radius 1 is 0.882 bits per heavy atom. The normalized spacial score (nSPS) is 14.1. The van der Waals surface area contributed by atoms with Gasteiger partial charge in [0.1, 0.15) is 5.75 Å². The molecule has 1 saturated heterocycles. The highest BCUT2D eigenvalue weighted by atomic mass is 32.2. The van der Waals surface area contributed by atoms with Crippen molar-refractivity contribution >= 4 is 27.3 Å². The van der Waals surface area contributed by atoms with Crippen LogP contribution < -0.4 is 14.4 Å². The number of para-hydroxylation sites is 3. The molecule has 0 aromatic heterocycles. The standard InChI is InChI=1S/C26H29N3O4S/c1-19-8-4-5-9-22(19)27-34(31,32)25-18-21(13-12-20(25)2)26(30)29-16-14-28(15-17-29)23-10-6-7-11-24(23)33-3/h4-13,18,27H,14-17H2,1-3H3. The lowest BCUT2D eigenvalue weighted by atomic mass is 10.1. The van der Waals surface area contributed by atoms with Gasteiger partial charge in [-0.2, -0.15) is 0 Å². The smallest absolute Gasteiger partial charge is 0.262 e. The molecule has 1 amide bonds. The number of hydrogen-bond donors (Lipinski definition) is 1. The Morgan fingerprint density at radius 3 is 2.26 bits per heavy atom. The van der Waals surface area contributed by atoms with Crippen LogP contribution in [0.5, 0.6) is 5.75 Å². The average Bonchev–Trinajstić information content (AvgIpc) is 2.85. The number of anilines is 2. The topological polar surface area (TPSA) is 79.0 Å². The predicted octanol–water partition coefficient (Wildman–Crippen LogP) is 4.08. The Balaban J connectivity index is 1.51. The Morgan fingerprint density at radius 2 is 1.56 bits per heavy atom. The number of rotatable bonds is 6. The predicted molar refractivity (Wildman–Crippen MR) is 134 cm³/mol. The number of sulfonamides is 1. The number of benzene rings is 3. The van der Waals surface area contributed by atoms with Gasteiger partial charge in [0.15, 0.2) is 0 Å². The van der Waals surface area contributed by atoms with Gasteiger partial charge in [0, 0.05) is 31.7 Å². The molecule has 34 heavy (non-hydrogen) atoms. The average molecular weight is 480 g/mol. The second kappa shape index (κ2) is 9.77. The zero-order valence-corrected chi connectivity index (χ0v) is 20.4. The fraction of sp³-hybridized carbons (Fsp3) is 0.269. The van der Waals surface area contributed by atoms with Crippen molar-refractivity contribution in [3.05, 3.63) is 83.4 Å². The van der Waals surface area contributed by atoms with Crippen LogP contribution in [0.15, 0.2) is 71.6 Å². The zero-order valence-electron chi connectivity index (χ0n) is 19.6. The number of amides is 1. The number of carbonyl (C=O) groups is 1. The first-order valence-electron chi connectivity index (χ1n) is 11.2. The highest BCUT2D eigenvalue weighted by molar-refractivity contribution is 7.92. The first-order valence-corrected chi connectivity index (χ1v) is 12.6. The molecule has 1 aliphatic heterocycles. The van der Waals surface area contributed by atoms with Gasteiger partial charge < -0.3 is 14.5 Å². The minimum Gasteiger partial charge on any atom is -0.495 e. The van der Waals surface area contributed by atoms with E-state index in [0.29, 0.717) is 43.0 Å². The summed E-state index contributed by atoms with van der Waals surface area (Å²) in [6, 6.07) is 19.9. The number of aryl methyl sites for hydroxylation is 2. The van der Waals surface area contributed by atoms with Crippen LogP contribution in [0.25, 0.3) is 0 Å². The van der Waals surface area contributed by atoms with Crippen molar-refractivity contribution in [2.45, 2.75) is 18.7 Å². The summed E-state index contributed by atoms with van der Waals surface area (Å²) in [6.07, 6.45) is 0. The molecule has 8 heteroatoms. The van der Waals surface area contributed by atoms with Gasteiger partial charge in [0.2, 0.25) is 0 Å². The molecule has 0 bridgehead atoms. The Bertz CT molecular complexity index is 1300. The summed E-state index contributed by atoms with van der Waals surface area (Å²) >= 11 is 0. The number of nitrogens with zero attached hydrogens (tertiary/aromatic N) is 2. The van der Waals surface area contributed by atoms with E-state index in [1.807, 2.05) is 43.3 Å². The van der Waals surface area contributed by atoms with Crippen molar-refractivity contribution in [1.29, 1.82) is 0 Å². The van der Waals surface area contributed by atoms with E-state index in [1.165, 1.54) is 6.07 Å². The maximum Gasteiger partial charge on any atom is 0.262 e. The summed E-state index contributed by atoms with van der Waals surface area (Å²) in [6.45, 7) is 5.97. The monoisotopic (exact) mass is 479 g/mol. The molecular formula is C26H29N3O4S. The van der Waals surface area contributed by atoms with Crippen LogP contribution in [0, 0.1) is 13.8 Å². The van der Waals surface area contributed by atoms with Crippen molar-refractivity contribution < 1.29 is 17.9 Å². The maximum atomic E-state index is 13.2. The molecule has 0 unspecified atom stereocenters. The molecule has 1 heterocycles. The van der Waals surface area contributed by atoms with Crippen LogP contribution >= 0.6 is 0 Å². The minimum absolute atomic E-state index is 0.106. The van der Waals surface area contributed by atoms with Gasteiger partial charge in [-0.15, -0.1) is 0 Å². The molecule has 0 radical (unpaired) electrons. The molecular weight excluding hydrogens is 450 g/mol. The van der Waals surface area contributed by atoms with E-state index in [2.05, 4.69) is 9.62 Å². The van der Waals surface area contributed by atoms with Crippen molar-refractivity contribution in [1.82, 2.24) is 4.90 Å². The molecule has 0 spiro atoms. The van der Waals surface area contributed by atoms with Crippen LogP contribution in [-0.2, 0) is 10.0 Å². The van der Waals surface area contributed by atoms with E-state index in [1.54, 1.807) is 43.2 Å². The number of carbonyl (C=O) groups excluding carboxylic acids is 1. The lowest BCUT2D eigenvalue weighted by Gasteiger charge is -2.36. The molecule has 1 N–H and O–H groups in total. The molecule has 0 aliphatic carbocycles. The molecule has 1 aliphatic rings. The number of methoxy groups -OCH3 is 1. The SMILES string of the molecule is COc1ccccc1N1CCN(C(=O)c2ccc(C)c(S(=O)(=O)Nc3ccccc3C)c2)CC1. The molecule has 0 atom stereocenters. The van der Waals surface area contributed by atoms with E-state index in [-0.39, 0.29) is 10.8 Å². The van der Waals surface area contributed by atoms with Crippen LogP contribution in [-0.4, -0.2) is 52.5 Å². The summed E-state index contributed by atoms with van der Waals surface area (Å²) in [5.74, 6) is 0.629. The van der Waals surface area contributed by atoms with Gasteiger partial charge >= 0.3 is 0 Å². The van der Waals surface area contributed by atoms with Crippen LogP contribution in [0.4, 0.5) is 11.4 Å². The largest absolute Gasteiger partial charge is 0.495 e. The molecule has 1 fully saturated rings. The van der Waals surface area contributed by atoms with E-state index < -0.39 is 10.0 Å². The number of piperazine rings is 1. The lowest BCUT2D eigenvalue weighted by molar-refractivity contribution is 0.0746. The van der Waals surface area contributed by atoms with Gasteiger partial charge in [0.05, 0.1) is 23.4 Å². The first-order chi connectivity index (χ1) is 16.3. The summed E-state index contributed by atoms with van der Waals surface area (Å²) in [4.78, 5) is 17.3. The van der Waals surface area contributed by atoms with Gasteiger partial charge in [-0.25, -0.2) is 8.42 Å². The number of hydrogen-bond acceptors (Lipinski definition) is 5. The summed E-state index contributed by atoms with van der Waals surface area (Å²) in [5.41, 5.74) is 3.29. The van der Waals surface area contributed by atoms with Gasteiger partial charge in [-0.1, -0.05) is 36.4 Å². The number of nitrogens with one attached hydrogen (secondary N) is 1. The van der Waals surface area contributed by atoms with Gasteiger partial charge in [-0.05, 0) is 55.3 Å². The summed E-state index contributed by atoms with van der Waals surface area (Å²) in [5, 5.41) is 0. The third-order valence-electron chi connectivity index (χ3n) is 6.11. The van der Waals surface area contributed by atoms with Crippen LogP contribution in [0.2, 0.25) is 0 Å². The third kappa shape index (κ3) is 4.87. The highest BCUT2D eigenvalue weighted by Crippen LogP contribution is 2.29. The molecule has 178 valence electrons. The van der Waals surface area contributed by atoms with E-state index in [4.69, 9.17) is 4.74 Å². The Labute approximate surface area is 201 Å². The Hall–Kier alpha value is -3.52. The summed E-state index contributed by atoms with van der Waals surface area (Å²) < 4.78 is 34.4. The zero-order chi connectivity index (χ0) is 24.3. The fourth-order valence-corrected chi connectivity index (χ4v) is 5.54. The fourth-order valence-electron chi connectivity index (χ4n) is 4.13. The summed E-state index contributed by atoms with van der Waals surface area (Å²) in [7, 11) is -2.20. The molecule has 7 nitrogen and oxygen atoms in total. The van der Waals surface area contributed by atoms with E-state index >= 15 is 0 Å². The molecule has 4 rings (SSSR count). The van der Waals surface area contributed by atoms with Gasteiger partial charge in [0.25, 0.3) is 15.9 Å². The van der Waals surface area contributed by atoms with E-state index in [9.17, 15) is 13.2 Å². The minimum atomic E-state index is -3.85. The van der Waals surface area contributed by atoms with Crippen molar-refractivity contribution in [3.8, 4) is 5.75 Å². The molecule has 0 saturated carbocycles. The van der Waals surface area contributed by atoms with Crippen LogP contribution in [0.3, 0.4) is 0 Å². The van der Waals surface area contributed by atoms with Crippen molar-refractivity contribution in [2.24, 2.45) is 0 Å². The Kier molecular flexibility index (Phi) is 6.79. The van der Waals surface area contributed by atoms with Crippen molar-refractivity contribution in [3.63, 3.8) is 0 Å². The van der Waals surface area contributed by atoms with Crippen LogP contribution in [0.1, 0.15) is 21.5 Å². The lowest BCUT2D eigenvalue weighted by Crippen LogP contribution is -2.48. The quantitative estimate of drug-likeness (QED) is 0.577. The molecule has 3 aromatic rings.